The smallest absolute Gasteiger partial charge is 0.0346 e. The van der Waals surface area contributed by atoms with Gasteiger partial charge in [0.15, 0.2) is 0 Å². The van der Waals surface area contributed by atoms with E-state index >= 15 is 0 Å². The molecule has 0 aliphatic heterocycles. The van der Waals surface area contributed by atoms with Gasteiger partial charge in [0, 0.05) is 23.8 Å². The number of nitrogens with two attached hydrogens (primary N) is 1. The van der Waals surface area contributed by atoms with Crippen LogP contribution in [0.3, 0.4) is 0 Å². The summed E-state index contributed by atoms with van der Waals surface area (Å²) in [5.41, 5.74) is 8.26. The molecule has 1 fully saturated rings. The lowest BCUT2D eigenvalue weighted by Gasteiger charge is -2.32. The number of fused-ring (bicyclic) bond motifs is 1. The quantitative estimate of drug-likeness (QED) is 0.877. The summed E-state index contributed by atoms with van der Waals surface area (Å²) in [6.45, 7) is 4.72. The van der Waals surface area contributed by atoms with Crippen molar-refractivity contribution in [2.75, 3.05) is 0 Å². The van der Waals surface area contributed by atoms with Gasteiger partial charge in [-0.05, 0) is 41.2 Å². The minimum absolute atomic E-state index is 0.128. The number of nitrogens with zero attached hydrogens (tertiary/aromatic N) is 1. The molecule has 0 saturated heterocycles. The van der Waals surface area contributed by atoms with Crippen LogP contribution in [0.4, 0.5) is 0 Å². The zero-order valence-corrected chi connectivity index (χ0v) is 11.8. The Labute approximate surface area is 115 Å². The maximum absolute atomic E-state index is 6.62. The first-order chi connectivity index (χ1) is 9.09. The maximum Gasteiger partial charge on any atom is 0.0346 e. The summed E-state index contributed by atoms with van der Waals surface area (Å²) in [5, 5.41) is 2.44. The Hall–Kier alpha value is -1.41. The lowest BCUT2D eigenvalue weighted by molar-refractivity contribution is 0.223. The number of hydrogen-bond donors (Lipinski definition) is 1. The Morgan fingerprint density at radius 3 is 2.89 bits per heavy atom. The minimum Gasteiger partial charge on any atom is -0.324 e. The van der Waals surface area contributed by atoms with Crippen LogP contribution in [-0.4, -0.2) is 4.98 Å². The fraction of sp³-hybridized carbons (Fsp3) is 0.471. The first kappa shape index (κ1) is 12.6. The number of pyridine rings is 1. The number of benzene rings is 1. The summed E-state index contributed by atoms with van der Waals surface area (Å²) >= 11 is 0. The summed E-state index contributed by atoms with van der Waals surface area (Å²) in [4.78, 5) is 4.20. The highest BCUT2D eigenvalue weighted by atomic mass is 14.7. The molecule has 0 bridgehead atoms. The average molecular weight is 254 g/mol. The third-order valence-electron chi connectivity index (χ3n) is 4.85. The molecule has 2 heteroatoms. The first-order valence-electron chi connectivity index (χ1n) is 7.18. The van der Waals surface area contributed by atoms with Crippen molar-refractivity contribution < 1.29 is 0 Å². The molecular formula is C17H22N2. The van der Waals surface area contributed by atoms with Gasteiger partial charge in [-0.1, -0.05) is 38.5 Å². The van der Waals surface area contributed by atoms with E-state index in [0.717, 1.165) is 0 Å². The van der Waals surface area contributed by atoms with E-state index in [4.69, 9.17) is 5.73 Å². The van der Waals surface area contributed by atoms with Gasteiger partial charge < -0.3 is 5.73 Å². The Kier molecular flexibility index (Phi) is 3.06. The van der Waals surface area contributed by atoms with E-state index in [-0.39, 0.29) is 6.04 Å². The van der Waals surface area contributed by atoms with E-state index in [1.165, 1.54) is 35.6 Å². The molecule has 0 spiro atoms. The average Bonchev–Trinajstić information content (AvgIpc) is 2.77. The third kappa shape index (κ3) is 2.14. The first-order valence-corrected chi connectivity index (χ1v) is 7.18. The molecule has 1 saturated carbocycles. The van der Waals surface area contributed by atoms with Gasteiger partial charge in [-0.25, -0.2) is 0 Å². The van der Waals surface area contributed by atoms with Crippen LogP contribution in [0.1, 0.15) is 44.7 Å². The monoisotopic (exact) mass is 254 g/mol. The third-order valence-corrected chi connectivity index (χ3v) is 4.85. The van der Waals surface area contributed by atoms with E-state index in [9.17, 15) is 0 Å². The van der Waals surface area contributed by atoms with Crippen molar-refractivity contribution in [2.24, 2.45) is 17.1 Å². The highest BCUT2D eigenvalue weighted by Gasteiger charge is 2.38. The van der Waals surface area contributed by atoms with Gasteiger partial charge in [-0.15, -0.1) is 0 Å². The van der Waals surface area contributed by atoms with Crippen LogP contribution < -0.4 is 5.73 Å². The van der Waals surface area contributed by atoms with E-state index in [1.807, 2.05) is 12.4 Å². The molecule has 3 rings (SSSR count). The summed E-state index contributed by atoms with van der Waals surface area (Å²) in [6.07, 6.45) is 7.62. The Bertz CT molecular complexity index is 583. The van der Waals surface area contributed by atoms with Crippen molar-refractivity contribution in [1.82, 2.24) is 4.98 Å². The molecule has 2 aromatic rings. The standard InChI is InChI=1S/C17H22N2/c1-17(2)9-4-7-15(17)16(18)14-6-3-5-12-11-19-10-8-13(12)14/h3,5-6,8,10-11,15-16H,4,7,9,18H2,1-2H3. The van der Waals surface area contributed by atoms with E-state index in [2.05, 4.69) is 43.1 Å². The van der Waals surface area contributed by atoms with Crippen LogP contribution in [-0.2, 0) is 0 Å². The van der Waals surface area contributed by atoms with E-state index < -0.39 is 0 Å². The highest BCUT2D eigenvalue weighted by Crippen LogP contribution is 2.48. The SMILES string of the molecule is CC1(C)CCCC1C(N)c1cccc2cnccc12. The molecule has 1 aliphatic carbocycles. The fourth-order valence-corrected chi connectivity index (χ4v) is 3.67. The van der Waals surface area contributed by atoms with Crippen LogP contribution >= 0.6 is 0 Å². The Morgan fingerprint density at radius 1 is 1.32 bits per heavy atom. The summed E-state index contributed by atoms with van der Waals surface area (Å²) in [7, 11) is 0. The Morgan fingerprint density at radius 2 is 2.16 bits per heavy atom. The van der Waals surface area contributed by atoms with Gasteiger partial charge in [-0.3, -0.25) is 4.98 Å². The van der Waals surface area contributed by atoms with Crippen molar-refractivity contribution in [3.63, 3.8) is 0 Å². The fourth-order valence-electron chi connectivity index (χ4n) is 3.67. The molecule has 100 valence electrons. The van der Waals surface area contributed by atoms with Gasteiger partial charge in [0.2, 0.25) is 0 Å². The summed E-state index contributed by atoms with van der Waals surface area (Å²) < 4.78 is 0. The van der Waals surface area contributed by atoms with Gasteiger partial charge >= 0.3 is 0 Å². The van der Waals surface area contributed by atoms with Crippen LogP contribution in [0.5, 0.6) is 0 Å². The molecule has 1 aromatic carbocycles. The van der Waals surface area contributed by atoms with E-state index in [0.29, 0.717) is 11.3 Å². The van der Waals surface area contributed by atoms with Crippen molar-refractivity contribution in [3.8, 4) is 0 Å². The molecule has 2 nitrogen and oxygen atoms in total. The lowest BCUT2D eigenvalue weighted by Crippen LogP contribution is -2.29. The number of hydrogen-bond acceptors (Lipinski definition) is 2. The van der Waals surface area contributed by atoms with Crippen LogP contribution in [0.15, 0.2) is 36.7 Å². The zero-order chi connectivity index (χ0) is 13.5. The molecule has 2 N–H and O–H groups in total. The van der Waals surface area contributed by atoms with Crippen molar-refractivity contribution in [2.45, 2.75) is 39.2 Å². The molecule has 1 aromatic heterocycles. The summed E-state index contributed by atoms with van der Waals surface area (Å²) in [6, 6.07) is 8.61. The molecule has 1 aliphatic rings. The number of aromatic nitrogens is 1. The molecule has 0 radical (unpaired) electrons. The summed E-state index contributed by atoms with van der Waals surface area (Å²) in [5.74, 6) is 0.575. The second-order valence-electron chi connectivity index (χ2n) is 6.46. The maximum atomic E-state index is 6.62. The van der Waals surface area contributed by atoms with Crippen molar-refractivity contribution in [1.29, 1.82) is 0 Å². The second-order valence-corrected chi connectivity index (χ2v) is 6.46. The van der Waals surface area contributed by atoms with E-state index in [1.54, 1.807) is 0 Å². The molecule has 0 amide bonds. The predicted molar refractivity (Wildman–Crippen MR) is 79.8 cm³/mol. The van der Waals surface area contributed by atoms with Gasteiger partial charge in [0.25, 0.3) is 0 Å². The van der Waals surface area contributed by atoms with Gasteiger partial charge in [0.1, 0.15) is 0 Å². The van der Waals surface area contributed by atoms with Gasteiger partial charge in [-0.2, -0.15) is 0 Å². The molecular weight excluding hydrogens is 232 g/mol. The molecule has 2 atom stereocenters. The normalized spacial score (nSPS) is 23.6. The minimum atomic E-state index is 0.128. The lowest BCUT2D eigenvalue weighted by atomic mass is 9.75. The predicted octanol–water partition coefficient (Wildman–Crippen LogP) is 4.06. The largest absolute Gasteiger partial charge is 0.324 e. The second kappa shape index (κ2) is 4.61. The molecule has 19 heavy (non-hydrogen) atoms. The zero-order valence-electron chi connectivity index (χ0n) is 11.8. The van der Waals surface area contributed by atoms with Crippen molar-refractivity contribution in [3.05, 3.63) is 42.2 Å². The molecule has 2 unspecified atom stereocenters. The topological polar surface area (TPSA) is 38.9 Å². The Balaban J connectivity index is 2.04. The van der Waals surface area contributed by atoms with Crippen LogP contribution in [0, 0.1) is 11.3 Å². The van der Waals surface area contributed by atoms with Crippen molar-refractivity contribution >= 4 is 10.8 Å². The van der Waals surface area contributed by atoms with Crippen LogP contribution in [0.25, 0.3) is 10.8 Å². The van der Waals surface area contributed by atoms with Crippen LogP contribution in [0.2, 0.25) is 0 Å². The molecule has 1 heterocycles. The highest BCUT2D eigenvalue weighted by molar-refractivity contribution is 5.85. The van der Waals surface area contributed by atoms with Gasteiger partial charge in [0.05, 0.1) is 0 Å². The number of rotatable bonds is 2.